The molecule has 1 N–H and O–H groups in total. The number of halogens is 3. The molecule has 0 aromatic heterocycles. The second-order valence-electron chi connectivity index (χ2n) is 4.85. The van der Waals surface area contributed by atoms with Crippen molar-refractivity contribution in [2.75, 3.05) is 0 Å². The minimum Gasteiger partial charge on any atom is -0.310 e. The smallest absolute Gasteiger partial charge is 0.0462 e. The quantitative estimate of drug-likeness (QED) is 0.669. The first kappa shape index (κ1) is 16.0. The van der Waals surface area contributed by atoms with Gasteiger partial charge in [0.1, 0.15) is 0 Å². The van der Waals surface area contributed by atoms with Crippen molar-refractivity contribution in [3.63, 3.8) is 0 Å². The highest BCUT2D eigenvalue weighted by atomic mass is 79.9. The van der Waals surface area contributed by atoms with Gasteiger partial charge >= 0.3 is 0 Å². The Labute approximate surface area is 142 Å². The average Bonchev–Trinajstić information content (AvgIpc) is 2.40. The lowest BCUT2D eigenvalue weighted by atomic mass is 10.1. The van der Waals surface area contributed by atoms with Crippen LogP contribution in [0, 0.1) is 0 Å². The largest absolute Gasteiger partial charge is 0.310 e. The van der Waals surface area contributed by atoms with Gasteiger partial charge in [-0.1, -0.05) is 61.7 Å². The van der Waals surface area contributed by atoms with Gasteiger partial charge in [-0.3, -0.25) is 0 Å². The van der Waals surface area contributed by atoms with Gasteiger partial charge in [-0.2, -0.15) is 0 Å². The maximum atomic E-state index is 6.22. The van der Waals surface area contributed by atoms with Gasteiger partial charge < -0.3 is 5.32 Å². The van der Waals surface area contributed by atoms with Gasteiger partial charge in [0.25, 0.3) is 0 Å². The highest BCUT2D eigenvalue weighted by Crippen LogP contribution is 2.21. The van der Waals surface area contributed by atoms with Gasteiger partial charge in [0.15, 0.2) is 0 Å². The minimum absolute atomic E-state index is 0.399. The van der Waals surface area contributed by atoms with Crippen molar-refractivity contribution in [3.8, 4) is 0 Å². The Hall–Kier alpha value is -0.350. The molecule has 0 radical (unpaired) electrons. The van der Waals surface area contributed by atoms with Crippen LogP contribution in [0.1, 0.15) is 18.1 Å². The van der Waals surface area contributed by atoms with Crippen LogP contribution in [0.25, 0.3) is 0 Å². The third kappa shape index (κ3) is 4.88. The minimum atomic E-state index is 0.399. The summed E-state index contributed by atoms with van der Waals surface area (Å²) in [6.45, 7) is 2.97. The van der Waals surface area contributed by atoms with Crippen LogP contribution < -0.4 is 5.32 Å². The summed E-state index contributed by atoms with van der Waals surface area (Å²) in [5, 5.41) is 4.31. The molecule has 0 amide bonds. The van der Waals surface area contributed by atoms with Crippen molar-refractivity contribution in [2.24, 2.45) is 0 Å². The topological polar surface area (TPSA) is 12.0 Å². The van der Waals surface area contributed by atoms with E-state index in [1.807, 2.05) is 18.2 Å². The van der Waals surface area contributed by atoms with Crippen molar-refractivity contribution in [1.82, 2.24) is 5.32 Å². The van der Waals surface area contributed by atoms with Crippen LogP contribution in [0.15, 0.2) is 51.4 Å². The van der Waals surface area contributed by atoms with Crippen LogP contribution in [-0.4, -0.2) is 6.04 Å². The van der Waals surface area contributed by atoms with E-state index < -0.39 is 0 Å². The summed E-state index contributed by atoms with van der Waals surface area (Å²) >= 11 is 13.1. The van der Waals surface area contributed by atoms with E-state index in [1.54, 1.807) is 0 Å². The molecule has 1 nitrogen and oxygen atoms in total. The van der Waals surface area contributed by atoms with Crippen LogP contribution in [0.2, 0.25) is 5.02 Å². The molecule has 20 heavy (non-hydrogen) atoms. The van der Waals surface area contributed by atoms with Gasteiger partial charge in [-0.25, -0.2) is 0 Å². The average molecular weight is 418 g/mol. The number of benzene rings is 2. The predicted octanol–water partition coefficient (Wildman–Crippen LogP) is 5.59. The van der Waals surface area contributed by atoms with E-state index in [2.05, 4.69) is 68.4 Å². The summed E-state index contributed by atoms with van der Waals surface area (Å²) in [7, 11) is 0. The molecular formula is C16H16Br2ClN. The fourth-order valence-corrected chi connectivity index (χ4v) is 3.00. The maximum absolute atomic E-state index is 6.22. The molecule has 0 aliphatic heterocycles. The van der Waals surface area contributed by atoms with Crippen molar-refractivity contribution < 1.29 is 0 Å². The van der Waals surface area contributed by atoms with Gasteiger partial charge in [-0.15, -0.1) is 0 Å². The summed E-state index contributed by atoms with van der Waals surface area (Å²) < 4.78 is 2.12. The highest BCUT2D eigenvalue weighted by molar-refractivity contribution is 9.10. The Bertz CT molecular complexity index is 569. The summed E-state index contributed by atoms with van der Waals surface area (Å²) in [5.41, 5.74) is 2.45. The van der Waals surface area contributed by atoms with E-state index in [0.29, 0.717) is 6.04 Å². The first-order valence-corrected chi connectivity index (χ1v) is 8.43. The molecule has 1 unspecified atom stereocenters. The van der Waals surface area contributed by atoms with Crippen LogP contribution in [-0.2, 0) is 13.0 Å². The molecule has 106 valence electrons. The Morgan fingerprint density at radius 1 is 1.05 bits per heavy atom. The molecule has 2 aromatic rings. The summed E-state index contributed by atoms with van der Waals surface area (Å²) in [5.74, 6) is 0. The van der Waals surface area contributed by atoms with Gasteiger partial charge in [-0.05, 0) is 48.7 Å². The molecule has 0 aliphatic carbocycles. The third-order valence-electron chi connectivity index (χ3n) is 3.11. The van der Waals surface area contributed by atoms with Crippen LogP contribution in [0.3, 0.4) is 0 Å². The van der Waals surface area contributed by atoms with E-state index in [4.69, 9.17) is 11.6 Å². The van der Waals surface area contributed by atoms with E-state index in [9.17, 15) is 0 Å². The number of rotatable bonds is 5. The molecule has 0 saturated carbocycles. The molecule has 0 heterocycles. The first-order valence-electron chi connectivity index (χ1n) is 6.46. The second-order valence-corrected chi connectivity index (χ2v) is 7.09. The first-order chi connectivity index (χ1) is 9.54. The normalized spacial score (nSPS) is 12.4. The fraction of sp³-hybridized carbons (Fsp3) is 0.250. The Kier molecular flexibility index (Phi) is 6.09. The molecule has 1 atom stereocenters. The molecule has 2 aromatic carbocycles. The van der Waals surface area contributed by atoms with E-state index in [0.717, 1.165) is 32.5 Å². The van der Waals surface area contributed by atoms with Crippen LogP contribution >= 0.6 is 43.5 Å². The van der Waals surface area contributed by atoms with E-state index in [1.165, 1.54) is 5.56 Å². The zero-order chi connectivity index (χ0) is 14.5. The summed E-state index contributed by atoms with van der Waals surface area (Å²) in [6, 6.07) is 14.8. The van der Waals surface area contributed by atoms with Crippen molar-refractivity contribution in [3.05, 3.63) is 67.6 Å². The Morgan fingerprint density at radius 2 is 1.70 bits per heavy atom. The lowest BCUT2D eigenvalue weighted by molar-refractivity contribution is 0.545. The fourth-order valence-electron chi connectivity index (χ4n) is 2.00. The summed E-state index contributed by atoms with van der Waals surface area (Å²) in [4.78, 5) is 0. The number of hydrogen-bond donors (Lipinski definition) is 1. The third-order valence-corrected chi connectivity index (χ3v) is 4.48. The number of hydrogen-bond acceptors (Lipinski definition) is 1. The van der Waals surface area contributed by atoms with Crippen LogP contribution in [0.5, 0.6) is 0 Å². The second kappa shape index (κ2) is 7.60. The molecule has 4 heteroatoms. The lowest BCUT2D eigenvalue weighted by Gasteiger charge is -2.15. The van der Waals surface area contributed by atoms with Gasteiger partial charge in [0.05, 0.1) is 0 Å². The zero-order valence-electron chi connectivity index (χ0n) is 11.2. The lowest BCUT2D eigenvalue weighted by Crippen LogP contribution is -2.27. The van der Waals surface area contributed by atoms with Crippen molar-refractivity contribution >= 4 is 43.5 Å². The predicted molar refractivity (Wildman–Crippen MR) is 93.3 cm³/mol. The standard InChI is InChI=1S/C16H16Br2ClN/c1-11(8-12-2-5-14(17)6-3-12)20-10-13-4-7-15(18)9-16(13)19/h2-7,9,11,20H,8,10H2,1H3. The number of nitrogens with one attached hydrogen (secondary N) is 1. The molecule has 0 bridgehead atoms. The maximum Gasteiger partial charge on any atom is 0.0462 e. The molecule has 2 rings (SSSR count). The Balaban J connectivity index is 1.88. The molecule has 0 spiro atoms. The van der Waals surface area contributed by atoms with Gasteiger partial charge in [0.2, 0.25) is 0 Å². The summed E-state index contributed by atoms with van der Waals surface area (Å²) in [6.07, 6.45) is 1.00. The van der Waals surface area contributed by atoms with E-state index in [-0.39, 0.29) is 0 Å². The molecule has 0 saturated heterocycles. The molecule has 0 aliphatic rings. The van der Waals surface area contributed by atoms with Gasteiger partial charge in [0, 0.05) is 26.6 Å². The zero-order valence-corrected chi connectivity index (χ0v) is 15.1. The van der Waals surface area contributed by atoms with Crippen LogP contribution in [0.4, 0.5) is 0 Å². The Morgan fingerprint density at radius 3 is 2.35 bits per heavy atom. The molecular weight excluding hydrogens is 401 g/mol. The monoisotopic (exact) mass is 415 g/mol. The SMILES string of the molecule is CC(Cc1ccc(Br)cc1)NCc1ccc(Br)cc1Cl. The molecule has 0 fully saturated rings. The van der Waals surface area contributed by atoms with E-state index >= 15 is 0 Å². The van der Waals surface area contributed by atoms with Crippen molar-refractivity contribution in [2.45, 2.75) is 25.9 Å². The highest BCUT2D eigenvalue weighted by Gasteiger charge is 2.06. The van der Waals surface area contributed by atoms with Crippen molar-refractivity contribution in [1.29, 1.82) is 0 Å².